The van der Waals surface area contributed by atoms with Crippen molar-refractivity contribution >= 4 is 18.3 Å². The number of rotatable bonds is 3. The topological polar surface area (TPSA) is 32.3 Å². The number of hydrogen-bond donors (Lipinski definition) is 1. The molecule has 2 atom stereocenters. The van der Waals surface area contributed by atoms with Crippen molar-refractivity contribution in [3.05, 3.63) is 35.4 Å². The lowest BCUT2D eigenvalue weighted by atomic mass is 10.0. The van der Waals surface area contributed by atoms with Gasteiger partial charge < -0.3 is 10.2 Å². The molecule has 1 fully saturated rings. The molecule has 106 valence electrons. The summed E-state index contributed by atoms with van der Waals surface area (Å²) < 4.78 is 0. The van der Waals surface area contributed by atoms with E-state index in [1.807, 2.05) is 11.9 Å². The van der Waals surface area contributed by atoms with Crippen molar-refractivity contribution < 1.29 is 4.79 Å². The summed E-state index contributed by atoms with van der Waals surface area (Å²) in [7, 11) is 1.91. The van der Waals surface area contributed by atoms with Crippen LogP contribution in [0.2, 0.25) is 0 Å². The first kappa shape index (κ1) is 16.0. The van der Waals surface area contributed by atoms with Gasteiger partial charge in [0.2, 0.25) is 5.91 Å². The molecular weight excluding hydrogens is 260 g/mol. The summed E-state index contributed by atoms with van der Waals surface area (Å²) in [5.74, 6) is 0.413. The highest BCUT2D eigenvalue weighted by atomic mass is 35.5. The number of hydrogen-bond acceptors (Lipinski definition) is 2. The highest BCUT2D eigenvalue weighted by Crippen LogP contribution is 2.22. The van der Waals surface area contributed by atoms with Gasteiger partial charge in [0.1, 0.15) is 0 Å². The first-order valence-corrected chi connectivity index (χ1v) is 6.63. The van der Waals surface area contributed by atoms with Crippen LogP contribution in [-0.2, 0) is 4.79 Å². The summed E-state index contributed by atoms with van der Waals surface area (Å²) in [5.41, 5.74) is 2.45. The molecular formula is C15H23ClN2O. The largest absolute Gasteiger partial charge is 0.339 e. The van der Waals surface area contributed by atoms with Crippen LogP contribution in [0.25, 0.3) is 0 Å². The van der Waals surface area contributed by atoms with Crippen LogP contribution in [0.15, 0.2) is 24.3 Å². The van der Waals surface area contributed by atoms with Crippen LogP contribution < -0.4 is 5.32 Å². The summed E-state index contributed by atoms with van der Waals surface area (Å²) in [6, 6.07) is 8.55. The predicted octanol–water partition coefficient (Wildman–Crippen LogP) is 2.55. The molecule has 1 N–H and O–H groups in total. The van der Waals surface area contributed by atoms with Crippen molar-refractivity contribution in [2.75, 3.05) is 20.1 Å². The fourth-order valence-electron chi connectivity index (χ4n) is 2.41. The minimum absolute atomic E-state index is 0. The smallest absolute Gasteiger partial charge is 0.227 e. The second kappa shape index (κ2) is 6.92. The number of aryl methyl sites for hydroxylation is 1. The minimum atomic E-state index is 0. The van der Waals surface area contributed by atoms with E-state index in [0.717, 1.165) is 19.5 Å². The van der Waals surface area contributed by atoms with Crippen LogP contribution in [0.5, 0.6) is 0 Å². The third-order valence-corrected chi connectivity index (χ3v) is 3.90. The maximum absolute atomic E-state index is 12.3. The molecule has 2 rings (SSSR count). The molecule has 1 saturated heterocycles. The average Bonchev–Trinajstić information content (AvgIpc) is 2.91. The van der Waals surface area contributed by atoms with E-state index in [-0.39, 0.29) is 30.3 Å². The standard InChI is InChI=1S/C15H22N2O.ClH/c1-11-4-6-13(7-5-11)12(2)17(3)15(18)14-8-9-16-10-14;/h4-7,12,14,16H,8-10H2,1-3H3;1H. The van der Waals surface area contributed by atoms with Gasteiger partial charge in [-0.1, -0.05) is 29.8 Å². The molecule has 0 spiro atoms. The molecule has 4 heteroatoms. The number of benzene rings is 1. The molecule has 0 radical (unpaired) electrons. The van der Waals surface area contributed by atoms with Gasteiger partial charge in [-0.25, -0.2) is 0 Å². The van der Waals surface area contributed by atoms with Gasteiger partial charge in [0.15, 0.2) is 0 Å². The van der Waals surface area contributed by atoms with Gasteiger partial charge in [-0.3, -0.25) is 4.79 Å². The third kappa shape index (κ3) is 3.71. The van der Waals surface area contributed by atoms with Gasteiger partial charge in [0.05, 0.1) is 12.0 Å². The van der Waals surface area contributed by atoms with Crippen LogP contribution in [0.3, 0.4) is 0 Å². The highest BCUT2D eigenvalue weighted by molar-refractivity contribution is 5.85. The zero-order chi connectivity index (χ0) is 13.1. The van der Waals surface area contributed by atoms with Crippen LogP contribution in [0.1, 0.15) is 30.5 Å². The Bertz CT molecular complexity index is 413. The van der Waals surface area contributed by atoms with E-state index in [0.29, 0.717) is 0 Å². The van der Waals surface area contributed by atoms with Crippen LogP contribution in [-0.4, -0.2) is 30.9 Å². The molecule has 1 amide bonds. The molecule has 0 aliphatic carbocycles. The summed E-state index contributed by atoms with van der Waals surface area (Å²) in [6.07, 6.45) is 0.962. The Morgan fingerprint density at radius 1 is 1.37 bits per heavy atom. The zero-order valence-corrected chi connectivity index (χ0v) is 12.7. The van der Waals surface area contributed by atoms with Gasteiger partial charge in [-0.15, -0.1) is 12.4 Å². The first-order chi connectivity index (χ1) is 8.59. The average molecular weight is 283 g/mol. The maximum Gasteiger partial charge on any atom is 0.227 e. The number of nitrogens with one attached hydrogen (secondary N) is 1. The zero-order valence-electron chi connectivity index (χ0n) is 11.8. The summed E-state index contributed by atoms with van der Waals surface area (Å²) in [6.45, 7) is 5.95. The summed E-state index contributed by atoms with van der Waals surface area (Å²) >= 11 is 0. The molecule has 0 saturated carbocycles. The molecule has 1 aliphatic rings. The molecule has 2 unspecified atom stereocenters. The van der Waals surface area contributed by atoms with Crippen molar-refractivity contribution in [1.29, 1.82) is 0 Å². The number of amides is 1. The Labute approximate surface area is 121 Å². The molecule has 1 heterocycles. The monoisotopic (exact) mass is 282 g/mol. The molecule has 0 aromatic heterocycles. The van der Waals surface area contributed by atoms with Gasteiger partial charge in [0, 0.05) is 13.6 Å². The summed E-state index contributed by atoms with van der Waals surface area (Å²) in [4.78, 5) is 14.2. The van der Waals surface area contributed by atoms with Crippen LogP contribution in [0, 0.1) is 12.8 Å². The fourth-order valence-corrected chi connectivity index (χ4v) is 2.41. The van der Waals surface area contributed by atoms with Crippen LogP contribution in [0.4, 0.5) is 0 Å². The van der Waals surface area contributed by atoms with E-state index < -0.39 is 0 Å². The van der Waals surface area contributed by atoms with Gasteiger partial charge in [-0.05, 0) is 32.4 Å². The lowest BCUT2D eigenvalue weighted by molar-refractivity contribution is -0.135. The molecule has 0 bridgehead atoms. The second-order valence-corrected chi connectivity index (χ2v) is 5.23. The molecule has 1 aromatic carbocycles. The van der Waals surface area contributed by atoms with E-state index in [4.69, 9.17) is 0 Å². The fraction of sp³-hybridized carbons (Fsp3) is 0.533. The Balaban J connectivity index is 0.00000180. The molecule has 3 nitrogen and oxygen atoms in total. The third-order valence-electron chi connectivity index (χ3n) is 3.90. The van der Waals surface area contributed by atoms with E-state index in [1.165, 1.54) is 11.1 Å². The summed E-state index contributed by atoms with van der Waals surface area (Å²) in [5, 5.41) is 3.25. The minimum Gasteiger partial charge on any atom is -0.339 e. The normalized spacial score (nSPS) is 19.6. The SMILES string of the molecule is Cc1ccc(C(C)N(C)C(=O)C2CCNC2)cc1.Cl. The lowest BCUT2D eigenvalue weighted by Gasteiger charge is -2.27. The van der Waals surface area contributed by atoms with Crippen molar-refractivity contribution in [3.63, 3.8) is 0 Å². The highest BCUT2D eigenvalue weighted by Gasteiger charge is 2.27. The maximum atomic E-state index is 12.3. The number of halogens is 1. The molecule has 1 aromatic rings. The van der Waals surface area contributed by atoms with E-state index in [9.17, 15) is 4.79 Å². The van der Waals surface area contributed by atoms with Crippen molar-refractivity contribution in [2.24, 2.45) is 5.92 Å². The van der Waals surface area contributed by atoms with Crippen molar-refractivity contribution in [2.45, 2.75) is 26.3 Å². The number of carbonyl (C=O) groups is 1. The van der Waals surface area contributed by atoms with Crippen LogP contribution >= 0.6 is 12.4 Å². The Kier molecular flexibility index (Phi) is 5.83. The Morgan fingerprint density at radius 3 is 2.53 bits per heavy atom. The Hall–Kier alpha value is -1.06. The van der Waals surface area contributed by atoms with Crippen molar-refractivity contribution in [1.82, 2.24) is 10.2 Å². The molecule has 1 aliphatic heterocycles. The van der Waals surface area contributed by atoms with Crippen molar-refractivity contribution in [3.8, 4) is 0 Å². The van der Waals surface area contributed by atoms with Gasteiger partial charge >= 0.3 is 0 Å². The lowest BCUT2D eigenvalue weighted by Crippen LogP contribution is -2.35. The van der Waals surface area contributed by atoms with Gasteiger partial charge in [-0.2, -0.15) is 0 Å². The molecule has 19 heavy (non-hydrogen) atoms. The van der Waals surface area contributed by atoms with E-state index in [2.05, 4.69) is 43.4 Å². The van der Waals surface area contributed by atoms with E-state index in [1.54, 1.807) is 0 Å². The first-order valence-electron chi connectivity index (χ1n) is 6.63. The second-order valence-electron chi connectivity index (χ2n) is 5.23. The quantitative estimate of drug-likeness (QED) is 0.924. The number of nitrogens with zero attached hydrogens (tertiary/aromatic N) is 1. The Morgan fingerprint density at radius 2 is 2.00 bits per heavy atom. The predicted molar refractivity (Wildman–Crippen MR) is 80.6 cm³/mol. The van der Waals surface area contributed by atoms with Gasteiger partial charge in [0.25, 0.3) is 0 Å². The number of carbonyl (C=O) groups excluding carboxylic acids is 1. The van der Waals surface area contributed by atoms with E-state index >= 15 is 0 Å².